The lowest BCUT2D eigenvalue weighted by Gasteiger charge is -2.12. The van der Waals surface area contributed by atoms with Crippen LogP contribution in [0, 0.1) is 25.2 Å². The topological polar surface area (TPSA) is 64.9 Å². The van der Waals surface area contributed by atoms with Crippen molar-refractivity contribution in [3.05, 3.63) is 76.5 Å². The third kappa shape index (κ3) is 4.71. The van der Waals surface area contributed by atoms with E-state index in [4.69, 9.17) is 0 Å². The van der Waals surface area contributed by atoms with E-state index in [9.17, 15) is 10.1 Å². The molecule has 2 rings (SSSR count). The van der Waals surface area contributed by atoms with Crippen LogP contribution in [0.15, 0.2) is 54.2 Å². The zero-order valence-electron chi connectivity index (χ0n) is 14.9. The number of rotatable bonds is 6. The fourth-order valence-corrected chi connectivity index (χ4v) is 2.60. The second-order valence-corrected chi connectivity index (χ2v) is 5.89. The molecule has 0 aromatic heterocycles. The molecule has 2 aromatic rings. The van der Waals surface area contributed by atoms with Gasteiger partial charge in [-0.2, -0.15) is 5.26 Å². The van der Waals surface area contributed by atoms with E-state index in [1.54, 1.807) is 0 Å². The second-order valence-electron chi connectivity index (χ2n) is 5.89. The number of aryl methyl sites for hydroxylation is 3. The Morgan fingerprint density at radius 2 is 1.76 bits per heavy atom. The van der Waals surface area contributed by atoms with Crippen molar-refractivity contribution in [3.8, 4) is 6.07 Å². The van der Waals surface area contributed by atoms with E-state index in [0.29, 0.717) is 6.54 Å². The first-order chi connectivity index (χ1) is 12.1. The highest BCUT2D eigenvalue weighted by Crippen LogP contribution is 2.21. The Hall–Kier alpha value is -3.06. The number of carbonyl (C=O) groups excluding carboxylic acids is 1. The first kappa shape index (κ1) is 18.3. The molecule has 2 N–H and O–H groups in total. The zero-order valence-corrected chi connectivity index (χ0v) is 14.9. The van der Waals surface area contributed by atoms with Crippen molar-refractivity contribution in [2.75, 3.05) is 5.32 Å². The predicted molar refractivity (Wildman–Crippen MR) is 101 cm³/mol. The van der Waals surface area contributed by atoms with Crippen LogP contribution in [0.4, 0.5) is 5.69 Å². The normalized spacial score (nSPS) is 10.9. The number of carbonyl (C=O) groups is 1. The van der Waals surface area contributed by atoms with Crippen LogP contribution in [0.3, 0.4) is 0 Å². The molecule has 0 heterocycles. The highest BCUT2D eigenvalue weighted by Gasteiger charge is 2.12. The summed E-state index contributed by atoms with van der Waals surface area (Å²) in [5, 5.41) is 15.2. The number of anilines is 1. The molecule has 1 amide bonds. The minimum absolute atomic E-state index is 0.0545. The predicted octanol–water partition coefficient (Wildman–Crippen LogP) is 4.00. The van der Waals surface area contributed by atoms with Crippen LogP contribution in [-0.2, 0) is 17.8 Å². The highest BCUT2D eigenvalue weighted by molar-refractivity contribution is 6.07. The van der Waals surface area contributed by atoms with Crippen LogP contribution >= 0.6 is 0 Å². The van der Waals surface area contributed by atoms with E-state index >= 15 is 0 Å². The molecular formula is C21H23N3O. The van der Waals surface area contributed by atoms with Crippen LogP contribution in [0.5, 0.6) is 0 Å². The number of benzene rings is 2. The molecule has 0 fully saturated rings. The summed E-state index contributed by atoms with van der Waals surface area (Å²) >= 11 is 0. The molecule has 0 saturated heterocycles. The summed E-state index contributed by atoms with van der Waals surface area (Å²) in [6.45, 7) is 6.58. The molecule has 0 aliphatic carbocycles. The average Bonchev–Trinajstić information content (AvgIpc) is 2.61. The minimum atomic E-state index is -0.399. The van der Waals surface area contributed by atoms with Gasteiger partial charge in [-0.15, -0.1) is 0 Å². The number of nitrogens with one attached hydrogen (secondary N) is 2. The molecule has 2 aromatic carbocycles. The monoisotopic (exact) mass is 333 g/mol. The number of nitrogens with zero attached hydrogens (tertiary/aromatic N) is 1. The van der Waals surface area contributed by atoms with E-state index in [0.717, 1.165) is 28.8 Å². The molecule has 4 heteroatoms. The minimum Gasteiger partial charge on any atom is -0.386 e. The molecular weight excluding hydrogens is 310 g/mol. The fourth-order valence-electron chi connectivity index (χ4n) is 2.60. The molecule has 0 unspecified atom stereocenters. The summed E-state index contributed by atoms with van der Waals surface area (Å²) in [4.78, 5) is 12.4. The standard InChI is InChI=1S/C21H23N3O/c1-4-17-11-7-9-16(3)20(17)24-21(25)19(12-22)14-23-13-18-10-6-5-8-15(18)2/h5-11,14,23H,4,13H2,1-3H3,(H,24,25)/b19-14-. The van der Waals surface area contributed by atoms with Gasteiger partial charge in [-0.3, -0.25) is 4.79 Å². The maximum atomic E-state index is 12.4. The van der Waals surface area contributed by atoms with E-state index in [1.165, 1.54) is 11.8 Å². The smallest absolute Gasteiger partial charge is 0.267 e. The Labute approximate surface area is 149 Å². The van der Waals surface area contributed by atoms with Gasteiger partial charge in [0.2, 0.25) is 0 Å². The van der Waals surface area contributed by atoms with Gasteiger partial charge in [0.1, 0.15) is 11.6 Å². The molecule has 0 aliphatic rings. The summed E-state index contributed by atoms with van der Waals surface area (Å²) in [5.41, 5.74) is 5.17. The number of amides is 1. The lowest BCUT2D eigenvalue weighted by atomic mass is 10.1. The molecule has 4 nitrogen and oxygen atoms in total. The van der Waals surface area contributed by atoms with E-state index in [1.807, 2.05) is 69.3 Å². The van der Waals surface area contributed by atoms with Crippen LogP contribution in [0.1, 0.15) is 29.2 Å². The fraction of sp³-hybridized carbons (Fsp3) is 0.238. The summed E-state index contributed by atoms with van der Waals surface area (Å²) < 4.78 is 0. The van der Waals surface area contributed by atoms with Gasteiger partial charge in [0, 0.05) is 18.4 Å². The first-order valence-corrected chi connectivity index (χ1v) is 8.34. The quantitative estimate of drug-likeness (QED) is 0.620. The molecule has 0 aliphatic heterocycles. The lowest BCUT2D eigenvalue weighted by Crippen LogP contribution is -2.18. The van der Waals surface area contributed by atoms with Gasteiger partial charge >= 0.3 is 0 Å². The van der Waals surface area contributed by atoms with Crippen molar-refractivity contribution in [2.24, 2.45) is 0 Å². The van der Waals surface area contributed by atoms with Crippen molar-refractivity contribution in [1.82, 2.24) is 5.32 Å². The number of nitriles is 1. The van der Waals surface area contributed by atoms with Crippen molar-refractivity contribution in [3.63, 3.8) is 0 Å². The van der Waals surface area contributed by atoms with Gasteiger partial charge in [0.05, 0.1) is 0 Å². The molecule has 0 bridgehead atoms. The second kappa shape index (κ2) is 8.70. The summed E-state index contributed by atoms with van der Waals surface area (Å²) in [6.07, 6.45) is 2.29. The molecule has 0 saturated carbocycles. The van der Waals surface area contributed by atoms with E-state index < -0.39 is 5.91 Å². The molecule has 0 spiro atoms. The summed E-state index contributed by atoms with van der Waals surface area (Å²) in [7, 11) is 0. The number of hydrogen-bond donors (Lipinski definition) is 2. The molecule has 0 radical (unpaired) electrons. The van der Waals surface area contributed by atoms with Gasteiger partial charge in [-0.05, 0) is 42.5 Å². The Bertz CT molecular complexity index is 831. The van der Waals surface area contributed by atoms with Crippen LogP contribution in [-0.4, -0.2) is 5.91 Å². The maximum absolute atomic E-state index is 12.4. The molecule has 0 atom stereocenters. The Kier molecular flexibility index (Phi) is 6.36. The first-order valence-electron chi connectivity index (χ1n) is 8.34. The summed E-state index contributed by atoms with van der Waals surface area (Å²) in [6, 6.07) is 15.9. The maximum Gasteiger partial charge on any atom is 0.267 e. The zero-order chi connectivity index (χ0) is 18.2. The Balaban J connectivity index is 2.09. The third-order valence-corrected chi connectivity index (χ3v) is 4.14. The lowest BCUT2D eigenvalue weighted by molar-refractivity contribution is -0.112. The SMILES string of the molecule is CCc1cccc(C)c1NC(=O)/C(C#N)=C\NCc1ccccc1C. The van der Waals surface area contributed by atoms with Crippen molar-refractivity contribution in [1.29, 1.82) is 5.26 Å². The van der Waals surface area contributed by atoms with E-state index in [2.05, 4.69) is 10.6 Å². The van der Waals surface area contributed by atoms with Gasteiger partial charge < -0.3 is 10.6 Å². The largest absolute Gasteiger partial charge is 0.386 e. The van der Waals surface area contributed by atoms with Gasteiger partial charge in [-0.25, -0.2) is 0 Å². The third-order valence-electron chi connectivity index (χ3n) is 4.14. The van der Waals surface area contributed by atoms with Crippen molar-refractivity contribution < 1.29 is 4.79 Å². The highest BCUT2D eigenvalue weighted by atomic mass is 16.1. The van der Waals surface area contributed by atoms with Crippen molar-refractivity contribution >= 4 is 11.6 Å². The Morgan fingerprint density at radius 3 is 2.44 bits per heavy atom. The molecule has 128 valence electrons. The van der Waals surface area contributed by atoms with Gasteiger partial charge in [0.25, 0.3) is 5.91 Å². The van der Waals surface area contributed by atoms with Crippen LogP contribution < -0.4 is 10.6 Å². The van der Waals surface area contributed by atoms with Crippen LogP contribution in [0.2, 0.25) is 0 Å². The summed E-state index contributed by atoms with van der Waals surface area (Å²) in [5.74, 6) is -0.399. The average molecular weight is 333 g/mol. The van der Waals surface area contributed by atoms with E-state index in [-0.39, 0.29) is 5.57 Å². The molecule has 25 heavy (non-hydrogen) atoms. The van der Waals surface area contributed by atoms with Crippen LogP contribution in [0.25, 0.3) is 0 Å². The number of para-hydroxylation sites is 1. The Morgan fingerprint density at radius 1 is 1.08 bits per heavy atom. The number of hydrogen-bond acceptors (Lipinski definition) is 3. The van der Waals surface area contributed by atoms with Crippen molar-refractivity contribution in [2.45, 2.75) is 33.7 Å². The van der Waals surface area contributed by atoms with Gasteiger partial charge in [-0.1, -0.05) is 49.4 Å². The van der Waals surface area contributed by atoms with Gasteiger partial charge in [0.15, 0.2) is 0 Å².